The molecule has 0 aliphatic rings. The monoisotopic (exact) mass is 342 g/mol. The van der Waals surface area contributed by atoms with Crippen molar-refractivity contribution in [3.05, 3.63) is 28.2 Å². The van der Waals surface area contributed by atoms with Gasteiger partial charge in [0.15, 0.2) is 6.10 Å². The number of nitrogens with two attached hydrogens (primary N) is 1. The molecule has 2 atom stereocenters. The van der Waals surface area contributed by atoms with E-state index in [-0.39, 0.29) is 18.0 Å². The van der Waals surface area contributed by atoms with E-state index in [4.69, 9.17) is 10.5 Å². The molecule has 1 amide bonds. The number of carbonyl (C=O) groups is 1. The topological polar surface area (TPSA) is 64.3 Å². The van der Waals surface area contributed by atoms with Gasteiger partial charge in [-0.1, -0.05) is 15.9 Å². The zero-order chi connectivity index (χ0) is 15.3. The van der Waals surface area contributed by atoms with Crippen LogP contribution in [0.3, 0.4) is 0 Å². The molecule has 4 nitrogen and oxygen atoms in total. The molecule has 0 aliphatic heterocycles. The molecule has 3 N–H and O–H groups in total. The average Bonchev–Trinajstić information content (AvgIpc) is 2.31. The maximum Gasteiger partial charge on any atom is 0.260 e. The standard InChI is InChI=1S/C15H23BrN2O2/c1-9(2)18-15(19)11(4)20-13-5-6-14(16)12(8-13)7-10(3)17/h5-6,8-11H,7,17H2,1-4H3,(H,18,19). The minimum atomic E-state index is -0.526. The Labute approximate surface area is 129 Å². The quantitative estimate of drug-likeness (QED) is 0.835. The van der Waals surface area contributed by atoms with E-state index in [1.54, 1.807) is 6.92 Å². The zero-order valence-corrected chi connectivity index (χ0v) is 14.0. The van der Waals surface area contributed by atoms with Crippen molar-refractivity contribution in [1.82, 2.24) is 5.32 Å². The summed E-state index contributed by atoms with van der Waals surface area (Å²) in [4.78, 5) is 11.8. The van der Waals surface area contributed by atoms with E-state index in [1.807, 2.05) is 39.0 Å². The van der Waals surface area contributed by atoms with Crippen LogP contribution in [-0.4, -0.2) is 24.1 Å². The molecule has 0 spiro atoms. The fourth-order valence-corrected chi connectivity index (χ4v) is 2.20. The first kappa shape index (κ1) is 17.0. The number of amides is 1. The maximum absolute atomic E-state index is 11.8. The normalized spacial score (nSPS) is 13.9. The number of rotatable bonds is 6. The molecule has 20 heavy (non-hydrogen) atoms. The van der Waals surface area contributed by atoms with Crippen molar-refractivity contribution < 1.29 is 9.53 Å². The van der Waals surface area contributed by atoms with Crippen LogP contribution in [0.25, 0.3) is 0 Å². The Bertz CT molecular complexity index is 461. The summed E-state index contributed by atoms with van der Waals surface area (Å²) in [7, 11) is 0. The van der Waals surface area contributed by atoms with Crippen LogP contribution in [0.1, 0.15) is 33.3 Å². The fourth-order valence-electron chi connectivity index (χ4n) is 1.79. The molecule has 0 aliphatic carbocycles. The van der Waals surface area contributed by atoms with E-state index < -0.39 is 6.10 Å². The molecular formula is C15H23BrN2O2. The Morgan fingerprint density at radius 3 is 2.55 bits per heavy atom. The highest BCUT2D eigenvalue weighted by molar-refractivity contribution is 9.10. The molecule has 1 rings (SSSR count). The molecule has 0 bridgehead atoms. The molecule has 112 valence electrons. The number of nitrogens with one attached hydrogen (secondary N) is 1. The van der Waals surface area contributed by atoms with Crippen molar-refractivity contribution in [2.24, 2.45) is 5.73 Å². The SMILES string of the molecule is CC(N)Cc1cc(OC(C)C(=O)NC(C)C)ccc1Br. The van der Waals surface area contributed by atoms with Gasteiger partial charge >= 0.3 is 0 Å². The molecule has 0 saturated carbocycles. The lowest BCUT2D eigenvalue weighted by molar-refractivity contribution is -0.127. The molecule has 0 fully saturated rings. The van der Waals surface area contributed by atoms with Crippen LogP contribution in [0.15, 0.2) is 22.7 Å². The van der Waals surface area contributed by atoms with Crippen LogP contribution >= 0.6 is 15.9 Å². The lowest BCUT2D eigenvalue weighted by Gasteiger charge is -2.17. The molecule has 0 radical (unpaired) electrons. The Morgan fingerprint density at radius 2 is 2.00 bits per heavy atom. The molecule has 1 aromatic rings. The smallest absolute Gasteiger partial charge is 0.260 e. The largest absolute Gasteiger partial charge is 0.481 e. The summed E-state index contributed by atoms with van der Waals surface area (Å²) in [5.41, 5.74) is 6.90. The van der Waals surface area contributed by atoms with E-state index >= 15 is 0 Å². The Kier molecular flexibility index (Phi) is 6.49. The van der Waals surface area contributed by atoms with Crippen molar-refractivity contribution in [2.75, 3.05) is 0 Å². The second-order valence-electron chi connectivity index (χ2n) is 5.36. The average molecular weight is 343 g/mol. The van der Waals surface area contributed by atoms with Gasteiger partial charge in [-0.05, 0) is 57.9 Å². The highest BCUT2D eigenvalue weighted by Crippen LogP contribution is 2.24. The predicted octanol–water partition coefficient (Wildman–Crippen LogP) is 2.63. The van der Waals surface area contributed by atoms with Crippen LogP contribution in [0.4, 0.5) is 0 Å². The lowest BCUT2D eigenvalue weighted by atomic mass is 10.1. The Hall–Kier alpha value is -1.07. The predicted molar refractivity (Wildman–Crippen MR) is 84.9 cm³/mol. The lowest BCUT2D eigenvalue weighted by Crippen LogP contribution is -2.40. The van der Waals surface area contributed by atoms with E-state index in [1.165, 1.54) is 0 Å². The summed E-state index contributed by atoms with van der Waals surface area (Å²) in [6.07, 6.45) is 0.228. The number of ether oxygens (including phenoxy) is 1. The van der Waals surface area contributed by atoms with Crippen molar-refractivity contribution in [2.45, 2.75) is 52.3 Å². The minimum absolute atomic E-state index is 0.0724. The highest BCUT2D eigenvalue weighted by atomic mass is 79.9. The van der Waals surface area contributed by atoms with Crippen LogP contribution < -0.4 is 15.8 Å². The second kappa shape index (κ2) is 7.64. The van der Waals surface area contributed by atoms with Gasteiger partial charge < -0.3 is 15.8 Å². The molecule has 0 aromatic heterocycles. The van der Waals surface area contributed by atoms with Gasteiger partial charge in [-0.3, -0.25) is 4.79 Å². The van der Waals surface area contributed by atoms with Gasteiger partial charge in [0.05, 0.1) is 0 Å². The van der Waals surface area contributed by atoms with Gasteiger partial charge in [0.2, 0.25) is 0 Å². The van der Waals surface area contributed by atoms with Gasteiger partial charge in [-0.15, -0.1) is 0 Å². The van der Waals surface area contributed by atoms with Crippen molar-refractivity contribution >= 4 is 21.8 Å². The summed E-state index contributed by atoms with van der Waals surface area (Å²) in [5.74, 6) is 0.562. The van der Waals surface area contributed by atoms with Crippen molar-refractivity contribution in [3.63, 3.8) is 0 Å². The molecule has 2 unspecified atom stereocenters. The second-order valence-corrected chi connectivity index (χ2v) is 6.21. The van der Waals surface area contributed by atoms with Gasteiger partial charge in [0.1, 0.15) is 5.75 Å². The third-order valence-corrected chi connectivity index (χ3v) is 3.45. The number of carbonyl (C=O) groups excluding carboxylic acids is 1. The summed E-state index contributed by atoms with van der Waals surface area (Å²) in [6, 6.07) is 5.86. The van der Waals surface area contributed by atoms with E-state index in [0.29, 0.717) is 5.75 Å². The van der Waals surface area contributed by atoms with Gasteiger partial charge in [0, 0.05) is 16.6 Å². The Morgan fingerprint density at radius 1 is 1.35 bits per heavy atom. The van der Waals surface area contributed by atoms with Crippen molar-refractivity contribution in [3.8, 4) is 5.75 Å². The van der Waals surface area contributed by atoms with E-state index in [2.05, 4.69) is 21.2 Å². The summed E-state index contributed by atoms with van der Waals surface area (Å²) in [6.45, 7) is 7.54. The van der Waals surface area contributed by atoms with Gasteiger partial charge in [0.25, 0.3) is 5.91 Å². The van der Waals surface area contributed by atoms with Crippen LogP contribution in [0.5, 0.6) is 5.75 Å². The summed E-state index contributed by atoms with van der Waals surface area (Å²) >= 11 is 3.50. The first-order valence-electron chi connectivity index (χ1n) is 6.80. The van der Waals surface area contributed by atoms with Crippen molar-refractivity contribution in [1.29, 1.82) is 0 Å². The number of benzene rings is 1. The van der Waals surface area contributed by atoms with Crippen LogP contribution in [0, 0.1) is 0 Å². The zero-order valence-electron chi connectivity index (χ0n) is 12.4. The molecule has 5 heteroatoms. The maximum atomic E-state index is 11.8. The Balaban J connectivity index is 2.75. The summed E-state index contributed by atoms with van der Waals surface area (Å²) < 4.78 is 6.68. The highest BCUT2D eigenvalue weighted by Gasteiger charge is 2.16. The van der Waals surface area contributed by atoms with Crippen LogP contribution in [-0.2, 0) is 11.2 Å². The molecule has 0 heterocycles. The first-order chi connectivity index (χ1) is 9.29. The molecular weight excluding hydrogens is 320 g/mol. The molecule has 0 saturated heterocycles. The van der Waals surface area contributed by atoms with E-state index in [0.717, 1.165) is 16.5 Å². The number of hydrogen-bond donors (Lipinski definition) is 2. The number of halogens is 1. The third kappa shape index (κ3) is 5.51. The number of hydrogen-bond acceptors (Lipinski definition) is 3. The van der Waals surface area contributed by atoms with Gasteiger partial charge in [-0.2, -0.15) is 0 Å². The first-order valence-corrected chi connectivity index (χ1v) is 7.60. The third-order valence-electron chi connectivity index (χ3n) is 2.67. The fraction of sp³-hybridized carbons (Fsp3) is 0.533. The van der Waals surface area contributed by atoms with E-state index in [9.17, 15) is 4.79 Å². The minimum Gasteiger partial charge on any atom is -0.481 e. The van der Waals surface area contributed by atoms with Crippen LogP contribution in [0.2, 0.25) is 0 Å². The molecule has 1 aromatic carbocycles. The summed E-state index contributed by atoms with van der Waals surface area (Å²) in [5, 5.41) is 2.83. The van der Waals surface area contributed by atoms with Gasteiger partial charge in [-0.25, -0.2) is 0 Å².